The topological polar surface area (TPSA) is 61.4 Å². The van der Waals surface area contributed by atoms with E-state index in [9.17, 15) is 4.79 Å². The molecule has 1 aromatic carbocycles. The van der Waals surface area contributed by atoms with E-state index in [1.54, 1.807) is 12.3 Å². The number of hydrogen-bond acceptors (Lipinski definition) is 5. The second kappa shape index (κ2) is 8.48. The molecule has 2 aliphatic rings. The molecule has 0 bridgehead atoms. The van der Waals surface area contributed by atoms with Crippen LogP contribution < -0.4 is 5.32 Å². The third-order valence-electron chi connectivity index (χ3n) is 5.47. The van der Waals surface area contributed by atoms with Crippen molar-refractivity contribution in [3.63, 3.8) is 0 Å². The van der Waals surface area contributed by atoms with Crippen LogP contribution in [0.25, 0.3) is 0 Å². The van der Waals surface area contributed by atoms with Gasteiger partial charge in [-0.3, -0.25) is 9.69 Å². The zero-order valence-corrected chi connectivity index (χ0v) is 15.7. The Labute approximate surface area is 160 Å². The number of benzene rings is 1. The lowest BCUT2D eigenvalue weighted by Gasteiger charge is -2.34. The average Bonchev–Trinajstić information content (AvgIpc) is 3.22. The highest BCUT2D eigenvalue weighted by atomic mass is 16.2. The molecule has 1 saturated carbocycles. The van der Waals surface area contributed by atoms with E-state index in [-0.39, 0.29) is 5.91 Å². The molecule has 1 amide bonds. The monoisotopic (exact) mass is 365 g/mol. The van der Waals surface area contributed by atoms with Gasteiger partial charge in [-0.1, -0.05) is 43.2 Å². The fourth-order valence-corrected chi connectivity index (χ4v) is 3.91. The molecule has 1 aliphatic carbocycles. The summed E-state index contributed by atoms with van der Waals surface area (Å²) < 4.78 is 0. The summed E-state index contributed by atoms with van der Waals surface area (Å²) in [7, 11) is 0. The van der Waals surface area contributed by atoms with Gasteiger partial charge in [0.25, 0.3) is 5.91 Å². The van der Waals surface area contributed by atoms with Crippen molar-refractivity contribution in [2.24, 2.45) is 0 Å². The second-order valence-corrected chi connectivity index (χ2v) is 7.45. The molecular weight excluding hydrogens is 338 g/mol. The quantitative estimate of drug-likeness (QED) is 0.883. The van der Waals surface area contributed by atoms with Gasteiger partial charge in [-0.15, -0.1) is 0 Å². The first-order valence-electron chi connectivity index (χ1n) is 9.93. The summed E-state index contributed by atoms with van der Waals surface area (Å²) in [6, 6.07) is 12.6. The molecule has 4 rings (SSSR count). The molecule has 142 valence electrons. The van der Waals surface area contributed by atoms with Crippen molar-refractivity contribution < 1.29 is 4.79 Å². The van der Waals surface area contributed by atoms with Gasteiger partial charge in [0.1, 0.15) is 5.69 Å². The standard InChI is InChI=1S/C21H27N5O/c27-20(19-10-11-22-21(24-19)23-18-8-4-5-9-18)26-14-12-25(13-15-26)16-17-6-2-1-3-7-17/h1-3,6-7,10-11,18H,4-5,8-9,12-16H2,(H,22,23,24). The summed E-state index contributed by atoms with van der Waals surface area (Å²) in [5.41, 5.74) is 1.80. The number of aromatic nitrogens is 2. The Kier molecular flexibility index (Phi) is 5.63. The lowest BCUT2D eigenvalue weighted by Crippen LogP contribution is -2.48. The van der Waals surface area contributed by atoms with Gasteiger partial charge in [-0.05, 0) is 24.5 Å². The molecule has 1 N–H and O–H groups in total. The molecule has 0 unspecified atom stereocenters. The number of rotatable bonds is 5. The number of carbonyl (C=O) groups is 1. The number of nitrogens with zero attached hydrogens (tertiary/aromatic N) is 4. The SMILES string of the molecule is O=C(c1ccnc(NC2CCCC2)n1)N1CCN(Cc2ccccc2)CC1. The summed E-state index contributed by atoms with van der Waals surface area (Å²) in [6.45, 7) is 4.19. The Balaban J connectivity index is 1.32. The summed E-state index contributed by atoms with van der Waals surface area (Å²) in [4.78, 5) is 25.9. The maximum Gasteiger partial charge on any atom is 0.272 e. The van der Waals surface area contributed by atoms with E-state index < -0.39 is 0 Å². The zero-order valence-electron chi connectivity index (χ0n) is 15.7. The van der Waals surface area contributed by atoms with E-state index in [1.807, 2.05) is 11.0 Å². The predicted molar refractivity (Wildman–Crippen MR) is 106 cm³/mol. The first-order valence-corrected chi connectivity index (χ1v) is 9.93. The summed E-state index contributed by atoms with van der Waals surface area (Å²) >= 11 is 0. The molecule has 2 heterocycles. The zero-order chi connectivity index (χ0) is 18.5. The van der Waals surface area contributed by atoms with Crippen molar-refractivity contribution in [2.75, 3.05) is 31.5 Å². The number of hydrogen-bond donors (Lipinski definition) is 1. The molecule has 0 spiro atoms. The van der Waals surface area contributed by atoms with Gasteiger partial charge in [0.05, 0.1) is 0 Å². The minimum atomic E-state index is 0.00577. The van der Waals surface area contributed by atoms with Crippen molar-refractivity contribution in [2.45, 2.75) is 38.3 Å². The number of amides is 1. The average molecular weight is 365 g/mol. The molecule has 27 heavy (non-hydrogen) atoms. The smallest absolute Gasteiger partial charge is 0.272 e. The summed E-state index contributed by atoms with van der Waals surface area (Å²) in [5.74, 6) is 0.585. The normalized spacial score (nSPS) is 18.6. The van der Waals surface area contributed by atoms with Crippen molar-refractivity contribution in [1.82, 2.24) is 19.8 Å². The van der Waals surface area contributed by atoms with Crippen molar-refractivity contribution in [3.05, 3.63) is 53.9 Å². The van der Waals surface area contributed by atoms with Crippen LogP contribution in [0.4, 0.5) is 5.95 Å². The number of anilines is 1. The van der Waals surface area contributed by atoms with Gasteiger partial charge in [-0.2, -0.15) is 0 Å². The van der Waals surface area contributed by atoms with Gasteiger partial charge in [0, 0.05) is 45.0 Å². The fraction of sp³-hybridized carbons (Fsp3) is 0.476. The third-order valence-corrected chi connectivity index (χ3v) is 5.47. The van der Waals surface area contributed by atoms with E-state index in [1.165, 1.54) is 18.4 Å². The van der Waals surface area contributed by atoms with Crippen LogP contribution in [0.5, 0.6) is 0 Å². The highest BCUT2D eigenvalue weighted by Crippen LogP contribution is 2.21. The van der Waals surface area contributed by atoms with Crippen LogP contribution in [-0.2, 0) is 6.54 Å². The summed E-state index contributed by atoms with van der Waals surface area (Å²) in [6.07, 6.45) is 6.51. The maximum atomic E-state index is 12.8. The first kappa shape index (κ1) is 17.9. The maximum absolute atomic E-state index is 12.8. The molecule has 1 aliphatic heterocycles. The summed E-state index contributed by atoms with van der Waals surface area (Å²) in [5, 5.41) is 3.37. The van der Waals surface area contributed by atoms with E-state index >= 15 is 0 Å². The number of nitrogens with one attached hydrogen (secondary N) is 1. The molecule has 6 heteroatoms. The Hall–Kier alpha value is -2.47. The van der Waals surface area contributed by atoms with Gasteiger partial charge in [0.15, 0.2) is 0 Å². The van der Waals surface area contributed by atoms with Crippen LogP contribution in [0.3, 0.4) is 0 Å². The van der Waals surface area contributed by atoms with Crippen LogP contribution in [0, 0.1) is 0 Å². The van der Waals surface area contributed by atoms with E-state index in [2.05, 4.69) is 44.5 Å². The molecule has 0 radical (unpaired) electrons. The van der Waals surface area contributed by atoms with Gasteiger partial charge >= 0.3 is 0 Å². The van der Waals surface area contributed by atoms with Crippen molar-refractivity contribution in [3.8, 4) is 0 Å². The molecule has 2 fully saturated rings. The van der Waals surface area contributed by atoms with Crippen LogP contribution >= 0.6 is 0 Å². The molecule has 1 aromatic heterocycles. The highest BCUT2D eigenvalue weighted by molar-refractivity contribution is 5.92. The Bertz CT molecular complexity index is 752. The van der Waals surface area contributed by atoms with Crippen molar-refractivity contribution >= 4 is 11.9 Å². The lowest BCUT2D eigenvalue weighted by molar-refractivity contribution is 0.0622. The molecule has 1 saturated heterocycles. The molecule has 6 nitrogen and oxygen atoms in total. The van der Waals surface area contributed by atoms with Gasteiger partial charge < -0.3 is 10.2 Å². The Morgan fingerprint density at radius 2 is 1.78 bits per heavy atom. The lowest BCUT2D eigenvalue weighted by atomic mass is 10.2. The van der Waals surface area contributed by atoms with Gasteiger partial charge in [-0.25, -0.2) is 9.97 Å². The molecule has 2 aromatic rings. The number of piperazine rings is 1. The Morgan fingerprint density at radius 1 is 1.04 bits per heavy atom. The van der Waals surface area contributed by atoms with Crippen molar-refractivity contribution in [1.29, 1.82) is 0 Å². The minimum Gasteiger partial charge on any atom is -0.351 e. The fourth-order valence-electron chi connectivity index (χ4n) is 3.91. The van der Waals surface area contributed by atoms with E-state index in [4.69, 9.17) is 0 Å². The van der Waals surface area contributed by atoms with Gasteiger partial charge in [0.2, 0.25) is 5.95 Å². The molecule has 0 atom stereocenters. The predicted octanol–water partition coefficient (Wildman–Crippen LogP) is 2.79. The van der Waals surface area contributed by atoms with Crippen LogP contribution in [-0.4, -0.2) is 57.9 Å². The second-order valence-electron chi connectivity index (χ2n) is 7.45. The largest absolute Gasteiger partial charge is 0.351 e. The highest BCUT2D eigenvalue weighted by Gasteiger charge is 2.24. The van der Waals surface area contributed by atoms with E-state index in [0.717, 1.165) is 45.6 Å². The minimum absolute atomic E-state index is 0.00577. The van der Waals surface area contributed by atoms with Crippen LogP contribution in [0.15, 0.2) is 42.6 Å². The third kappa shape index (κ3) is 4.63. The first-order chi connectivity index (χ1) is 13.3. The van der Waals surface area contributed by atoms with Crippen LogP contribution in [0.2, 0.25) is 0 Å². The molecular formula is C21H27N5O. The number of carbonyl (C=O) groups excluding carboxylic acids is 1. The van der Waals surface area contributed by atoms with Crippen LogP contribution in [0.1, 0.15) is 41.7 Å². The Morgan fingerprint density at radius 3 is 2.52 bits per heavy atom. The van der Waals surface area contributed by atoms with E-state index in [0.29, 0.717) is 17.7 Å².